The molecule has 2 aromatic rings. The van der Waals surface area contributed by atoms with Crippen molar-refractivity contribution < 1.29 is 22.5 Å². The molecule has 0 amide bonds. The van der Waals surface area contributed by atoms with Crippen LogP contribution in [0.5, 0.6) is 0 Å². The molecule has 6 nitrogen and oxygen atoms in total. The van der Waals surface area contributed by atoms with E-state index in [0.29, 0.717) is 10.9 Å². The van der Waals surface area contributed by atoms with E-state index in [1.165, 1.54) is 25.3 Å². The first kappa shape index (κ1) is 14.3. The standard InChI is InChI=1S/C13H13NO5S/c1-19-12(15)7-8-5-6-11(20(16,17)18)13-9(8)3-2-4-10(13)14/h2-6H,7,14H2,1H3,(H,16,17,18). The van der Waals surface area contributed by atoms with Crippen LogP contribution >= 0.6 is 0 Å². The average molecular weight is 295 g/mol. The Morgan fingerprint density at radius 3 is 2.60 bits per heavy atom. The highest BCUT2D eigenvalue weighted by atomic mass is 32.2. The van der Waals surface area contributed by atoms with Gasteiger partial charge in [-0.15, -0.1) is 0 Å². The Kier molecular flexibility index (Phi) is 3.65. The summed E-state index contributed by atoms with van der Waals surface area (Å²) in [5.41, 5.74) is 6.58. The molecule has 106 valence electrons. The number of esters is 1. The molecule has 0 fully saturated rings. The normalized spacial score (nSPS) is 11.5. The maximum Gasteiger partial charge on any atom is 0.309 e. The highest BCUT2D eigenvalue weighted by Crippen LogP contribution is 2.31. The topological polar surface area (TPSA) is 107 Å². The van der Waals surface area contributed by atoms with E-state index in [0.717, 1.165) is 0 Å². The molecule has 0 radical (unpaired) electrons. The van der Waals surface area contributed by atoms with Gasteiger partial charge in [-0.1, -0.05) is 18.2 Å². The Balaban J connectivity index is 2.78. The van der Waals surface area contributed by atoms with E-state index in [-0.39, 0.29) is 22.4 Å². The van der Waals surface area contributed by atoms with Crippen molar-refractivity contribution in [3.8, 4) is 0 Å². The number of ether oxygens (including phenoxy) is 1. The monoisotopic (exact) mass is 295 g/mol. The van der Waals surface area contributed by atoms with Gasteiger partial charge in [0.05, 0.1) is 13.5 Å². The summed E-state index contributed by atoms with van der Waals surface area (Å²) in [5.74, 6) is -0.451. The molecule has 2 aromatic carbocycles. The molecule has 0 unspecified atom stereocenters. The fourth-order valence-electron chi connectivity index (χ4n) is 2.06. The second-order valence-electron chi connectivity index (χ2n) is 4.22. The summed E-state index contributed by atoms with van der Waals surface area (Å²) >= 11 is 0. The number of rotatable bonds is 3. The number of benzene rings is 2. The van der Waals surface area contributed by atoms with Gasteiger partial charge in [-0.25, -0.2) is 0 Å². The maximum absolute atomic E-state index is 11.4. The van der Waals surface area contributed by atoms with Crippen LogP contribution in [-0.2, 0) is 26.1 Å². The molecule has 3 N–H and O–H groups in total. The minimum atomic E-state index is -4.40. The third kappa shape index (κ3) is 2.59. The summed E-state index contributed by atoms with van der Waals surface area (Å²) in [6.07, 6.45) is -0.0117. The molecule has 0 saturated carbocycles. The van der Waals surface area contributed by atoms with E-state index in [4.69, 9.17) is 5.73 Å². The highest BCUT2D eigenvalue weighted by Gasteiger charge is 2.18. The van der Waals surface area contributed by atoms with Crippen LogP contribution in [0.25, 0.3) is 10.8 Å². The van der Waals surface area contributed by atoms with Crippen molar-refractivity contribution in [3.05, 3.63) is 35.9 Å². The first-order valence-corrected chi connectivity index (χ1v) is 7.13. The van der Waals surface area contributed by atoms with E-state index in [1.807, 2.05) is 0 Å². The van der Waals surface area contributed by atoms with Crippen molar-refractivity contribution in [3.63, 3.8) is 0 Å². The molecule has 0 saturated heterocycles. The smallest absolute Gasteiger partial charge is 0.309 e. The summed E-state index contributed by atoms with van der Waals surface area (Å²) in [6, 6.07) is 7.50. The summed E-state index contributed by atoms with van der Waals surface area (Å²) in [4.78, 5) is 11.1. The van der Waals surface area contributed by atoms with Crippen LogP contribution in [0.1, 0.15) is 5.56 Å². The largest absolute Gasteiger partial charge is 0.469 e. The number of carbonyl (C=O) groups is 1. The summed E-state index contributed by atoms with van der Waals surface area (Å²) in [5, 5.41) is 0.696. The molecule has 0 atom stereocenters. The highest BCUT2D eigenvalue weighted by molar-refractivity contribution is 7.86. The summed E-state index contributed by atoms with van der Waals surface area (Å²) < 4.78 is 36.6. The van der Waals surface area contributed by atoms with Crippen molar-refractivity contribution >= 4 is 32.5 Å². The Morgan fingerprint density at radius 1 is 1.30 bits per heavy atom. The number of nitrogen functional groups attached to an aromatic ring is 1. The van der Waals surface area contributed by atoms with E-state index in [1.54, 1.807) is 12.1 Å². The lowest BCUT2D eigenvalue weighted by atomic mass is 10.0. The first-order chi connectivity index (χ1) is 9.34. The van der Waals surface area contributed by atoms with Gasteiger partial charge in [0.25, 0.3) is 10.1 Å². The van der Waals surface area contributed by atoms with Gasteiger partial charge in [0, 0.05) is 11.1 Å². The van der Waals surface area contributed by atoms with Gasteiger partial charge in [-0.2, -0.15) is 8.42 Å². The number of carbonyl (C=O) groups excluding carboxylic acids is 1. The van der Waals surface area contributed by atoms with E-state index in [9.17, 15) is 17.8 Å². The minimum Gasteiger partial charge on any atom is -0.469 e. The molecule has 0 heterocycles. The lowest BCUT2D eigenvalue weighted by molar-refractivity contribution is -0.139. The van der Waals surface area contributed by atoms with E-state index < -0.39 is 16.1 Å². The predicted octanol–water partition coefficient (Wildman–Crippen LogP) is 1.38. The van der Waals surface area contributed by atoms with Crippen LogP contribution in [0.4, 0.5) is 5.69 Å². The SMILES string of the molecule is COC(=O)Cc1ccc(S(=O)(=O)O)c2c(N)cccc12. The van der Waals surface area contributed by atoms with Crippen LogP contribution < -0.4 is 5.73 Å². The third-order valence-electron chi connectivity index (χ3n) is 2.97. The fraction of sp³-hybridized carbons (Fsp3) is 0.154. The molecule has 0 aliphatic heterocycles. The van der Waals surface area contributed by atoms with Gasteiger partial charge in [0.1, 0.15) is 4.90 Å². The fourth-order valence-corrected chi connectivity index (χ4v) is 2.78. The Hall–Kier alpha value is -2.12. The number of fused-ring (bicyclic) bond motifs is 1. The van der Waals surface area contributed by atoms with Gasteiger partial charge >= 0.3 is 5.97 Å². The van der Waals surface area contributed by atoms with Gasteiger partial charge in [0.2, 0.25) is 0 Å². The number of methoxy groups -OCH3 is 1. The third-order valence-corrected chi connectivity index (χ3v) is 3.86. The van der Waals surface area contributed by atoms with Crippen LogP contribution in [-0.4, -0.2) is 26.0 Å². The molecule has 0 spiro atoms. The zero-order chi connectivity index (χ0) is 14.9. The van der Waals surface area contributed by atoms with Crippen LogP contribution in [0.2, 0.25) is 0 Å². The molecular formula is C13H13NO5S. The maximum atomic E-state index is 11.4. The van der Waals surface area contributed by atoms with Crippen LogP contribution in [0.3, 0.4) is 0 Å². The quantitative estimate of drug-likeness (QED) is 0.503. The van der Waals surface area contributed by atoms with Crippen molar-refractivity contribution in [1.29, 1.82) is 0 Å². The molecule has 2 rings (SSSR count). The van der Waals surface area contributed by atoms with E-state index in [2.05, 4.69) is 4.74 Å². The molecule has 20 heavy (non-hydrogen) atoms. The van der Waals surface area contributed by atoms with Crippen molar-refractivity contribution in [2.45, 2.75) is 11.3 Å². The van der Waals surface area contributed by atoms with Gasteiger partial charge in [0.15, 0.2) is 0 Å². The van der Waals surface area contributed by atoms with Gasteiger partial charge in [-0.3, -0.25) is 9.35 Å². The van der Waals surface area contributed by atoms with Gasteiger partial charge < -0.3 is 10.5 Å². The molecule has 0 aromatic heterocycles. The van der Waals surface area contributed by atoms with Gasteiger partial charge in [-0.05, 0) is 23.1 Å². The molecule has 0 bridgehead atoms. The summed E-state index contributed by atoms with van der Waals surface area (Å²) in [7, 11) is -3.13. The first-order valence-electron chi connectivity index (χ1n) is 5.69. The number of hydrogen-bond acceptors (Lipinski definition) is 5. The minimum absolute atomic E-state index is 0.0117. The molecule has 7 heteroatoms. The lowest BCUT2D eigenvalue weighted by Crippen LogP contribution is -2.07. The summed E-state index contributed by atoms with van der Waals surface area (Å²) in [6.45, 7) is 0. The van der Waals surface area contributed by atoms with Crippen molar-refractivity contribution in [1.82, 2.24) is 0 Å². The Bertz CT molecular complexity index is 783. The van der Waals surface area contributed by atoms with Crippen LogP contribution in [0, 0.1) is 0 Å². The molecule has 0 aliphatic carbocycles. The average Bonchev–Trinajstić information content (AvgIpc) is 2.38. The predicted molar refractivity (Wildman–Crippen MR) is 73.9 cm³/mol. The Labute approximate surface area is 115 Å². The lowest BCUT2D eigenvalue weighted by Gasteiger charge is -2.11. The zero-order valence-electron chi connectivity index (χ0n) is 10.7. The second-order valence-corrected chi connectivity index (χ2v) is 5.61. The van der Waals surface area contributed by atoms with Crippen molar-refractivity contribution in [2.75, 3.05) is 12.8 Å². The number of hydrogen-bond donors (Lipinski definition) is 2. The van der Waals surface area contributed by atoms with E-state index >= 15 is 0 Å². The number of anilines is 1. The zero-order valence-corrected chi connectivity index (χ0v) is 11.5. The number of nitrogens with two attached hydrogens (primary N) is 1. The van der Waals surface area contributed by atoms with Crippen molar-refractivity contribution in [2.24, 2.45) is 0 Å². The Morgan fingerprint density at radius 2 is 2.00 bits per heavy atom. The van der Waals surface area contributed by atoms with Crippen LogP contribution in [0.15, 0.2) is 35.2 Å². The molecule has 0 aliphatic rings. The second kappa shape index (κ2) is 5.10. The molecular weight excluding hydrogens is 282 g/mol.